The zero-order valence-corrected chi connectivity index (χ0v) is 24.4. The third-order valence-electron chi connectivity index (χ3n) is 9.71. The van der Waals surface area contributed by atoms with E-state index in [0.29, 0.717) is 0 Å². The second-order valence-corrected chi connectivity index (χ2v) is 11.0. The van der Waals surface area contributed by atoms with E-state index < -0.39 is 0 Å². The Hall–Kier alpha value is -2.80. The smallest absolute Gasteiger partial charge is 0.138 e. The summed E-state index contributed by atoms with van der Waals surface area (Å²) in [6.45, 7) is 31.6. The van der Waals surface area contributed by atoms with Crippen LogP contribution in [-0.2, 0) is 0 Å². The summed E-state index contributed by atoms with van der Waals surface area (Å²) in [5.74, 6) is 2.05. The highest BCUT2D eigenvalue weighted by molar-refractivity contribution is 6.02. The van der Waals surface area contributed by atoms with Gasteiger partial charge in [-0.15, -0.1) is 0 Å². The number of fused-ring (bicyclic) bond motifs is 2. The molecule has 0 aliphatic heterocycles. The van der Waals surface area contributed by atoms with Gasteiger partial charge in [-0.3, -0.25) is 0 Å². The van der Waals surface area contributed by atoms with Gasteiger partial charge in [0.15, 0.2) is 0 Å². The molecule has 0 saturated carbocycles. The van der Waals surface area contributed by atoms with E-state index in [1.165, 1.54) is 99.4 Å². The van der Waals surface area contributed by atoms with Crippen LogP contribution < -0.4 is 4.74 Å². The van der Waals surface area contributed by atoms with E-state index >= 15 is 0 Å². The highest BCUT2D eigenvalue weighted by Crippen LogP contribution is 2.47. The first-order valence-electron chi connectivity index (χ1n) is 12.9. The molecule has 0 unspecified atom stereocenters. The van der Waals surface area contributed by atoms with E-state index in [1.54, 1.807) is 0 Å². The largest absolute Gasteiger partial charge is 0.455 e. The third-order valence-corrected chi connectivity index (χ3v) is 9.71. The molecule has 4 rings (SSSR count). The van der Waals surface area contributed by atoms with Gasteiger partial charge in [-0.2, -0.15) is 0 Å². The van der Waals surface area contributed by atoms with Crippen LogP contribution in [0.5, 0.6) is 11.5 Å². The predicted molar refractivity (Wildman–Crippen MR) is 154 cm³/mol. The number of rotatable bonds is 2. The van der Waals surface area contributed by atoms with Crippen LogP contribution in [0.25, 0.3) is 21.5 Å². The first kappa shape index (κ1) is 25.3. The first-order chi connectivity index (χ1) is 16.2. The van der Waals surface area contributed by atoms with Crippen molar-refractivity contribution in [1.82, 2.24) is 0 Å². The van der Waals surface area contributed by atoms with Crippen LogP contribution in [0.1, 0.15) is 77.9 Å². The Labute approximate surface area is 212 Å². The lowest BCUT2D eigenvalue weighted by Gasteiger charge is -2.26. The van der Waals surface area contributed by atoms with Crippen molar-refractivity contribution in [3.05, 3.63) is 77.9 Å². The molecule has 0 amide bonds. The fourth-order valence-electron chi connectivity index (χ4n) is 6.14. The van der Waals surface area contributed by atoms with Crippen molar-refractivity contribution < 1.29 is 4.74 Å². The Morgan fingerprint density at radius 3 is 0.686 bits per heavy atom. The van der Waals surface area contributed by atoms with Crippen molar-refractivity contribution in [3.63, 3.8) is 0 Å². The van der Waals surface area contributed by atoms with Crippen LogP contribution in [0.2, 0.25) is 0 Å². The Balaban J connectivity index is 2.23. The summed E-state index contributed by atoms with van der Waals surface area (Å²) in [6.07, 6.45) is 0. The fraction of sp³-hybridized carbons (Fsp3) is 0.412. The quantitative estimate of drug-likeness (QED) is 0.285. The van der Waals surface area contributed by atoms with Crippen LogP contribution in [0.4, 0.5) is 0 Å². The molecule has 0 aliphatic rings. The van der Waals surface area contributed by atoms with Gasteiger partial charge in [0.25, 0.3) is 0 Å². The van der Waals surface area contributed by atoms with Gasteiger partial charge in [0.2, 0.25) is 0 Å². The third kappa shape index (κ3) is 3.34. The standard InChI is InChI=1S/C34H42O/c1-15-17(3)25(11)31-29(21(15)7)23(9)19(5)27(13)33(31)35-34-28(14)20(6)24(10)30-22(8)16(2)18(4)26(12)32(30)34/h1-14H3. The minimum Gasteiger partial charge on any atom is -0.455 e. The molecule has 1 heteroatoms. The average molecular weight is 467 g/mol. The normalized spacial score (nSPS) is 11.7. The molecule has 0 aliphatic carbocycles. The number of aryl methyl sites for hydroxylation is 6. The summed E-state index contributed by atoms with van der Waals surface area (Å²) >= 11 is 0. The van der Waals surface area contributed by atoms with Crippen molar-refractivity contribution in [1.29, 1.82) is 0 Å². The van der Waals surface area contributed by atoms with E-state index in [-0.39, 0.29) is 0 Å². The zero-order valence-electron chi connectivity index (χ0n) is 24.4. The maximum absolute atomic E-state index is 7.20. The highest BCUT2D eigenvalue weighted by atomic mass is 16.5. The Kier molecular flexibility index (Phi) is 6.07. The molecular formula is C34H42O. The fourth-order valence-corrected chi connectivity index (χ4v) is 6.14. The molecule has 4 aromatic rings. The van der Waals surface area contributed by atoms with Gasteiger partial charge in [0.05, 0.1) is 0 Å². The van der Waals surface area contributed by atoms with Gasteiger partial charge in [-0.25, -0.2) is 0 Å². The van der Waals surface area contributed by atoms with Crippen LogP contribution in [0.3, 0.4) is 0 Å². The molecule has 0 heterocycles. The van der Waals surface area contributed by atoms with Crippen molar-refractivity contribution in [3.8, 4) is 11.5 Å². The van der Waals surface area contributed by atoms with Gasteiger partial charge in [-0.05, 0) is 186 Å². The number of hydrogen-bond acceptors (Lipinski definition) is 1. The molecule has 184 valence electrons. The maximum Gasteiger partial charge on any atom is 0.138 e. The molecule has 0 aromatic heterocycles. The van der Waals surface area contributed by atoms with E-state index in [2.05, 4.69) is 96.9 Å². The second kappa shape index (κ2) is 8.40. The maximum atomic E-state index is 7.20. The van der Waals surface area contributed by atoms with E-state index in [1.807, 2.05) is 0 Å². The lowest BCUT2D eigenvalue weighted by atomic mass is 9.85. The van der Waals surface area contributed by atoms with Crippen molar-refractivity contribution >= 4 is 21.5 Å². The average Bonchev–Trinajstić information content (AvgIpc) is 2.83. The monoisotopic (exact) mass is 466 g/mol. The van der Waals surface area contributed by atoms with Gasteiger partial charge in [-0.1, -0.05) is 0 Å². The molecule has 0 atom stereocenters. The van der Waals surface area contributed by atoms with Crippen LogP contribution in [0.15, 0.2) is 0 Å². The highest BCUT2D eigenvalue weighted by Gasteiger charge is 2.24. The van der Waals surface area contributed by atoms with Gasteiger partial charge in [0.1, 0.15) is 11.5 Å². The van der Waals surface area contributed by atoms with Gasteiger partial charge >= 0.3 is 0 Å². The Morgan fingerprint density at radius 1 is 0.229 bits per heavy atom. The van der Waals surface area contributed by atoms with E-state index in [9.17, 15) is 0 Å². The SMILES string of the molecule is Cc1c(C)c(C)c2c(Oc3c(C)c(C)c(C)c4c(C)c(C)c(C)c(C)c34)c(C)c(C)c(C)c2c1C. The topological polar surface area (TPSA) is 9.23 Å². The van der Waals surface area contributed by atoms with Crippen molar-refractivity contribution in [2.24, 2.45) is 0 Å². The minimum absolute atomic E-state index is 1.02. The Bertz CT molecular complexity index is 1440. The molecule has 0 radical (unpaired) electrons. The predicted octanol–water partition coefficient (Wildman–Crippen LogP) is 10.1. The molecule has 0 N–H and O–H groups in total. The van der Waals surface area contributed by atoms with Crippen LogP contribution in [-0.4, -0.2) is 0 Å². The molecular weight excluding hydrogens is 424 g/mol. The molecule has 0 fully saturated rings. The summed E-state index contributed by atoms with van der Waals surface area (Å²) in [6, 6.07) is 0. The van der Waals surface area contributed by atoms with E-state index in [4.69, 9.17) is 4.74 Å². The number of ether oxygens (including phenoxy) is 1. The summed E-state index contributed by atoms with van der Waals surface area (Å²) in [4.78, 5) is 0. The molecule has 1 nitrogen and oxygen atoms in total. The summed E-state index contributed by atoms with van der Waals surface area (Å²) in [7, 11) is 0. The summed E-state index contributed by atoms with van der Waals surface area (Å²) < 4.78 is 7.20. The van der Waals surface area contributed by atoms with Crippen molar-refractivity contribution in [2.45, 2.75) is 96.9 Å². The number of hydrogen-bond donors (Lipinski definition) is 0. The molecule has 0 spiro atoms. The lowest BCUT2D eigenvalue weighted by Crippen LogP contribution is -2.05. The minimum atomic E-state index is 1.02. The lowest BCUT2D eigenvalue weighted by molar-refractivity contribution is 0.485. The van der Waals surface area contributed by atoms with Crippen molar-refractivity contribution in [2.75, 3.05) is 0 Å². The van der Waals surface area contributed by atoms with Gasteiger partial charge < -0.3 is 4.74 Å². The zero-order chi connectivity index (χ0) is 26.3. The molecule has 35 heavy (non-hydrogen) atoms. The first-order valence-corrected chi connectivity index (χ1v) is 12.9. The number of benzene rings is 4. The van der Waals surface area contributed by atoms with Crippen LogP contribution in [0, 0.1) is 96.9 Å². The van der Waals surface area contributed by atoms with Crippen LogP contribution >= 0.6 is 0 Å². The molecule has 0 bridgehead atoms. The molecule has 0 saturated heterocycles. The Morgan fingerprint density at radius 2 is 0.429 bits per heavy atom. The van der Waals surface area contributed by atoms with E-state index in [0.717, 1.165) is 11.5 Å². The summed E-state index contributed by atoms with van der Waals surface area (Å²) in [5.41, 5.74) is 18.8. The molecule has 4 aromatic carbocycles. The summed E-state index contributed by atoms with van der Waals surface area (Å²) in [5, 5.41) is 5.26. The van der Waals surface area contributed by atoms with Gasteiger partial charge in [0, 0.05) is 10.8 Å². The second-order valence-electron chi connectivity index (χ2n) is 11.0.